The highest BCUT2D eigenvalue weighted by molar-refractivity contribution is 4.89. The summed E-state index contributed by atoms with van der Waals surface area (Å²) in [6, 6.07) is 1.78. The summed E-state index contributed by atoms with van der Waals surface area (Å²) in [5.74, 6) is 1.97. The third kappa shape index (κ3) is 3.16. The number of nitrogens with zero attached hydrogens (tertiary/aromatic N) is 1. The molecule has 110 valence electrons. The lowest BCUT2D eigenvalue weighted by atomic mass is 9.80. The summed E-state index contributed by atoms with van der Waals surface area (Å²) in [5, 5.41) is 3.72. The molecule has 0 aromatic carbocycles. The Labute approximate surface area is 119 Å². The Bertz CT molecular complexity index is 264. The van der Waals surface area contributed by atoms with Crippen LogP contribution in [0, 0.1) is 11.8 Å². The quantitative estimate of drug-likeness (QED) is 0.840. The molecule has 2 heterocycles. The lowest BCUT2D eigenvalue weighted by Gasteiger charge is -2.44. The van der Waals surface area contributed by atoms with Gasteiger partial charge in [-0.05, 0) is 70.0 Å². The summed E-state index contributed by atoms with van der Waals surface area (Å²) in [6.07, 6.45) is 13.1. The molecule has 1 aliphatic carbocycles. The van der Waals surface area contributed by atoms with E-state index in [1.54, 1.807) is 0 Å². The molecular formula is C17H32N2. The van der Waals surface area contributed by atoms with Crippen molar-refractivity contribution in [1.82, 2.24) is 10.2 Å². The predicted octanol–water partition coefficient (Wildman–Crippen LogP) is 3.42. The minimum absolute atomic E-state index is 0.857. The lowest BCUT2D eigenvalue weighted by Crippen LogP contribution is -2.48. The van der Waals surface area contributed by atoms with Crippen LogP contribution in [0.4, 0.5) is 0 Å². The molecule has 0 aromatic rings. The largest absolute Gasteiger partial charge is 0.314 e. The standard InChI is InChI=1S/C17H32N2/c1-2-14-6-3-4-8-17(14)19-12-9-15(10-13-19)16-7-5-11-18-16/h14-18H,2-13H2,1H3. The van der Waals surface area contributed by atoms with Gasteiger partial charge in [0, 0.05) is 12.1 Å². The fourth-order valence-corrected chi connectivity index (χ4v) is 4.91. The van der Waals surface area contributed by atoms with Crippen molar-refractivity contribution in [3.63, 3.8) is 0 Å². The predicted molar refractivity (Wildman–Crippen MR) is 81.4 cm³/mol. The van der Waals surface area contributed by atoms with Gasteiger partial charge in [-0.3, -0.25) is 0 Å². The van der Waals surface area contributed by atoms with Gasteiger partial charge in [-0.25, -0.2) is 0 Å². The molecule has 3 rings (SSSR count). The smallest absolute Gasteiger partial charge is 0.0123 e. The summed E-state index contributed by atoms with van der Waals surface area (Å²) < 4.78 is 0. The van der Waals surface area contributed by atoms with Gasteiger partial charge in [-0.2, -0.15) is 0 Å². The van der Waals surface area contributed by atoms with Crippen LogP contribution in [-0.2, 0) is 0 Å². The maximum atomic E-state index is 3.72. The average Bonchev–Trinajstić information content (AvgIpc) is 3.02. The third-order valence-corrected chi connectivity index (χ3v) is 6.10. The Morgan fingerprint density at radius 1 is 0.947 bits per heavy atom. The van der Waals surface area contributed by atoms with Crippen LogP contribution in [-0.4, -0.2) is 36.6 Å². The van der Waals surface area contributed by atoms with Crippen LogP contribution in [0.3, 0.4) is 0 Å². The van der Waals surface area contributed by atoms with E-state index in [2.05, 4.69) is 17.1 Å². The first-order valence-electron chi connectivity index (χ1n) is 8.86. The SMILES string of the molecule is CCC1CCCCC1N1CCC(C2CCCN2)CC1. The fraction of sp³-hybridized carbons (Fsp3) is 1.00. The molecule has 3 atom stereocenters. The highest BCUT2D eigenvalue weighted by atomic mass is 15.2. The zero-order chi connectivity index (χ0) is 13.1. The number of hydrogen-bond acceptors (Lipinski definition) is 2. The van der Waals surface area contributed by atoms with Crippen molar-refractivity contribution in [2.45, 2.75) is 76.8 Å². The first kappa shape index (κ1) is 13.9. The minimum Gasteiger partial charge on any atom is -0.314 e. The topological polar surface area (TPSA) is 15.3 Å². The second-order valence-corrected chi connectivity index (χ2v) is 7.10. The van der Waals surface area contributed by atoms with E-state index in [0.29, 0.717) is 0 Å². The highest BCUT2D eigenvalue weighted by Crippen LogP contribution is 2.34. The first-order valence-corrected chi connectivity index (χ1v) is 8.86. The normalized spacial score (nSPS) is 38.7. The third-order valence-electron chi connectivity index (χ3n) is 6.10. The van der Waals surface area contributed by atoms with Crippen molar-refractivity contribution < 1.29 is 0 Å². The Morgan fingerprint density at radius 3 is 2.42 bits per heavy atom. The Balaban J connectivity index is 1.51. The average molecular weight is 264 g/mol. The summed E-state index contributed by atoms with van der Waals surface area (Å²) in [5.41, 5.74) is 0. The molecule has 2 nitrogen and oxygen atoms in total. The summed E-state index contributed by atoms with van der Waals surface area (Å²) >= 11 is 0. The van der Waals surface area contributed by atoms with Crippen LogP contribution in [0.5, 0.6) is 0 Å². The molecular weight excluding hydrogens is 232 g/mol. The van der Waals surface area contributed by atoms with Crippen molar-refractivity contribution in [2.75, 3.05) is 19.6 Å². The molecule has 0 spiro atoms. The monoisotopic (exact) mass is 264 g/mol. The lowest BCUT2D eigenvalue weighted by molar-refractivity contribution is 0.0605. The van der Waals surface area contributed by atoms with Gasteiger partial charge in [0.1, 0.15) is 0 Å². The zero-order valence-electron chi connectivity index (χ0n) is 12.7. The van der Waals surface area contributed by atoms with Gasteiger partial charge in [0.2, 0.25) is 0 Å². The van der Waals surface area contributed by atoms with Crippen molar-refractivity contribution in [1.29, 1.82) is 0 Å². The van der Waals surface area contributed by atoms with E-state index < -0.39 is 0 Å². The molecule has 0 radical (unpaired) electrons. The van der Waals surface area contributed by atoms with Crippen molar-refractivity contribution >= 4 is 0 Å². The van der Waals surface area contributed by atoms with Crippen molar-refractivity contribution in [3.05, 3.63) is 0 Å². The fourth-order valence-electron chi connectivity index (χ4n) is 4.91. The molecule has 2 heteroatoms. The van der Waals surface area contributed by atoms with Gasteiger partial charge in [-0.1, -0.05) is 26.2 Å². The molecule has 0 aromatic heterocycles. The van der Waals surface area contributed by atoms with Gasteiger partial charge in [0.15, 0.2) is 0 Å². The molecule has 2 aliphatic heterocycles. The molecule has 0 amide bonds. The Kier molecular flexibility index (Phi) is 4.81. The van der Waals surface area contributed by atoms with Crippen LogP contribution in [0.1, 0.15) is 64.7 Å². The minimum atomic E-state index is 0.857. The second-order valence-electron chi connectivity index (χ2n) is 7.10. The first-order chi connectivity index (χ1) is 9.38. The molecule has 3 aliphatic rings. The zero-order valence-corrected chi connectivity index (χ0v) is 12.7. The van der Waals surface area contributed by atoms with E-state index in [9.17, 15) is 0 Å². The van der Waals surface area contributed by atoms with E-state index in [-0.39, 0.29) is 0 Å². The van der Waals surface area contributed by atoms with Crippen molar-refractivity contribution in [3.8, 4) is 0 Å². The number of piperidine rings is 1. The number of nitrogens with one attached hydrogen (secondary N) is 1. The van der Waals surface area contributed by atoms with Crippen LogP contribution >= 0.6 is 0 Å². The summed E-state index contributed by atoms with van der Waals surface area (Å²) in [6.45, 7) is 6.43. The molecule has 3 fully saturated rings. The number of rotatable bonds is 3. The number of likely N-dealkylation sites (tertiary alicyclic amines) is 1. The summed E-state index contributed by atoms with van der Waals surface area (Å²) in [4.78, 5) is 2.86. The van der Waals surface area contributed by atoms with Crippen LogP contribution in [0.2, 0.25) is 0 Å². The van der Waals surface area contributed by atoms with E-state index in [1.165, 1.54) is 77.4 Å². The molecule has 1 N–H and O–H groups in total. The summed E-state index contributed by atoms with van der Waals surface area (Å²) in [7, 11) is 0. The van der Waals surface area contributed by atoms with E-state index in [0.717, 1.165) is 23.9 Å². The van der Waals surface area contributed by atoms with Crippen LogP contribution < -0.4 is 5.32 Å². The van der Waals surface area contributed by atoms with Crippen LogP contribution in [0.25, 0.3) is 0 Å². The van der Waals surface area contributed by atoms with Gasteiger partial charge in [-0.15, -0.1) is 0 Å². The van der Waals surface area contributed by atoms with Gasteiger partial charge < -0.3 is 10.2 Å². The van der Waals surface area contributed by atoms with E-state index >= 15 is 0 Å². The molecule has 3 unspecified atom stereocenters. The van der Waals surface area contributed by atoms with Crippen molar-refractivity contribution in [2.24, 2.45) is 11.8 Å². The molecule has 0 bridgehead atoms. The van der Waals surface area contributed by atoms with Gasteiger partial charge >= 0.3 is 0 Å². The highest BCUT2D eigenvalue weighted by Gasteiger charge is 2.34. The van der Waals surface area contributed by atoms with E-state index in [4.69, 9.17) is 0 Å². The van der Waals surface area contributed by atoms with Crippen LogP contribution in [0.15, 0.2) is 0 Å². The Hall–Kier alpha value is -0.0800. The Morgan fingerprint density at radius 2 is 1.74 bits per heavy atom. The molecule has 19 heavy (non-hydrogen) atoms. The second kappa shape index (κ2) is 6.58. The van der Waals surface area contributed by atoms with E-state index in [1.807, 2.05) is 0 Å². The molecule has 1 saturated carbocycles. The molecule has 2 saturated heterocycles. The van der Waals surface area contributed by atoms with Gasteiger partial charge in [0.25, 0.3) is 0 Å². The van der Waals surface area contributed by atoms with Gasteiger partial charge in [0.05, 0.1) is 0 Å². The maximum Gasteiger partial charge on any atom is 0.0123 e. The maximum absolute atomic E-state index is 3.72. The number of hydrogen-bond donors (Lipinski definition) is 1.